The van der Waals surface area contributed by atoms with Crippen LogP contribution in [0.4, 0.5) is 0 Å². The molecular weight excluding hydrogens is 349 g/mol. The Balaban J connectivity index is 0.00000144. The maximum atomic E-state index is 12.0. The average Bonchev–Trinajstić information content (AvgIpc) is 2.47. The number of amides is 1. The Morgan fingerprint density at radius 2 is 2.00 bits per heavy atom. The fraction of sp³-hybridized carbons (Fsp3) is 0.588. The summed E-state index contributed by atoms with van der Waals surface area (Å²) in [5.74, 6) is 0.712. The van der Waals surface area contributed by atoms with Gasteiger partial charge in [0.2, 0.25) is 5.91 Å². The molecule has 2 aliphatic rings. The highest BCUT2D eigenvalue weighted by Crippen LogP contribution is 2.12. The lowest BCUT2D eigenvalue weighted by Gasteiger charge is -2.33. The molecule has 24 heavy (non-hydrogen) atoms. The monoisotopic (exact) mass is 375 g/mol. The summed E-state index contributed by atoms with van der Waals surface area (Å²) in [5, 5.41) is 6.23. The lowest BCUT2D eigenvalue weighted by molar-refractivity contribution is -0.126. The molecule has 1 aromatic rings. The van der Waals surface area contributed by atoms with Crippen molar-refractivity contribution in [1.29, 1.82) is 0 Å². The molecule has 3 rings (SSSR count). The standard InChI is InChI=1S/C17H25N3O2.2ClH/c21-17(19-11-15-9-18-10-15)8-16-13-20(6-7-22-16)12-14-4-2-1-3-5-14;;/h1-5,15-16,18H,6-13H2,(H,19,21);2*1H. The number of hydrogen-bond acceptors (Lipinski definition) is 4. The number of carbonyl (C=O) groups excluding carboxylic acids is 1. The number of nitrogens with one attached hydrogen (secondary N) is 2. The van der Waals surface area contributed by atoms with E-state index in [1.54, 1.807) is 0 Å². The third-order valence-corrected chi connectivity index (χ3v) is 4.34. The molecule has 0 spiro atoms. The van der Waals surface area contributed by atoms with Crippen molar-refractivity contribution in [1.82, 2.24) is 15.5 Å². The van der Waals surface area contributed by atoms with Crippen molar-refractivity contribution in [3.63, 3.8) is 0 Å². The third kappa shape index (κ3) is 6.57. The number of morpholine rings is 1. The van der Waals surface area contributed by atoms with Crippen LogP contribution >= 0.6 is 24.8 Å². The molecule has 2 N–H and O–H groups in total. The number of rotatable bonds is 6. The Bertz CT molecular complexity index is 486. The molecule has 5 nitrogen and oxygen atoms in total. The number of benzene rings is 1. The van der Waals surface area contributed by atoms with Gasteiger partial charge in [0.25, 0.3) is 0 Å². The quantitative estimate of drug-likeness (QED) is 0.790. The number of carbonyl (C=O) groups is 1. The molecule has 1 aromatic carbocycles. The van der Waals surface area contributed by atoms with Gasteiger partial charge in [-0.2, -0.15) is 0 Å². The normalized spacial score (nSPS) is 21.1. The van der Waals surface area contributed by atoms with Crippen LogP contribution in [0.25, 0.3) is 0 Å². The zero-order chi connectivity index (χ0) is 15.2. The first-order valence-corrected chi connectivity index (χ1v) is 8.15. The van der Waals surface area contributed by atoms with Crippen LogP contribution in [0.2, 0.25) is 0 Å². The molecule has 0 bridgehead atoms. The van der Waals surface area contributed by atoms with Gasteiger partial charge < -0.3 is 15.4 Å². The van der Waals surface area contributed by atoms with Crippen LogP contribution in [0.3, 0.4) is 0 Å². The average molecular weight is 376 g/mol. The molecule has 0 aliphatic carbocycles. The first-order chi connectivity index (χ1) is 10.8. The van der Waals surface area contributed by atoms with E-state index in [2.05, 4.69) is 39.8 Å². The summed E-state index contributed by atoms with van der Waals surface area (Å²) in [6.07, 6.45) is 0.475. The van der Waals surface area contributed by atoms with Crippen LogP contribution in [-0.2, 0) is 16.1 Å². The van der Waals surface area contributed by atoms with E-state index in [1.165, 1.54) is 5.56 Å². The van der Waals surface area contributed by atoms with Crippen LogP contribution in [0.5, 0.6) is 0 Å². The highest BCUT2D eigenvalue weighted by molar-refractivity contribution is 5.85. The van der Waals surface area contributed by atoms with Crippen LogP contribution in [0, 0.1) is 5.92 Å². The van der Waals surface area contributed by atoms with Crippen molar-refractivity contribution >= 4 is 30.7 Å². The first-order valence-electron chi connectivity index (χ1n) is 8.15. The van der Waals surface area contributed by atoms with Gasteiger partial charge in [-0.1, -0.05) is 30.3 Å². The van der Waals surface area contributed by atoms with Gasteiger partial charge in [0.1, 0.15) is 0 Å². The molecular formula is C17H27Cl2N3O2. The molecule has 0 saturated carbocycles. The topological polar surface area (TPSA) is 53.6 Å². The van der Waals surface area contributed by atoms with Crippen molar-refractivity contribution < 1.29 is 9.53 Å². The SMILES string of the molecule is Cl.Cl.O=C(CC1CN(Cc2ccccc2)CCO1)NCC1CNC1. The summed E-state index contributed by atoms with van der Waals surface area (Å²) in [5.41, 5.74) is 1.31. The summed E-state index contributed by atoms with van der Waals surface area (Å²) in [6, 6.07) is 10.5. The number of halogens is 2. The fourth-order valence-corrected chi connectivity index (χ4v) is 2.92. The molecule has 1 amide bonds. The highest BCUT2D eigenvalue weighted by Gasteiger charge is 2.24. The summed E-state index contributed by atoms with van der Waals surface area (Å²) >= 11 is 0. The van der Waals surface area contributed by atoms with E-state index < -0.39 is 0 Å². The smallest absolute Gasteiger partial charge is 0.222 e. The molecule has 136 valence electrons. The molecule has 2 aliphatic heterocycles. The van der Waals surface area contributed by atoms with Crippen LogP contribution in [0.1, 0.15) is 12.0 Å². The second-order valence-corrected chi connectivity index (χ2v) is 6.25. The van der Waals surface area contributed by atoms with E-state index in [0.29, 0.717) is 18.9 Å². The molecule has 1 unspecified atom stereocenters. The molecule has 2 fully saturated rings. The largest absolute Gasteiger partial charge is 0.375 e. The van der Waals surface area contributed by atoms with Crippen molar-refractivity contribution in [2.75, 3.05) is 39.3 Å². The summed E-state index contributed by atoms with van der Waals surface area (Å²) in [6.45, 7) is 6.21. The summed E-state index contributed by atoms with van der Waals surface area (Å²) < 4.78 is 5.75. The predicted octanol–water partition coefficient (Wildman–Crippen LogP) is 1.46. The molecule has 0 aromatic heterocycles. The summed E-state index contributed by atoms with van der Waals surface area (Å²) in [7, 11) is 0. The van der Waals surface area contributed by atoms with Crippen molar-refractivity contribution in [2.45, 2.75) is 19.1 Å². The molecule has 1 atom stereocenters. The Morgan fingerprint density at radius 3 is 2.67 bits per heavy atom. The minimum Gasteiger partial charge on any atom is -0.375 e. The van der Waals surface area contributed by atoms with E-state index in [4.69, 9.17) is 4.74 Å². The number of hydrogen-bond donors (Lipinski definition) is 2. The lowest BCUT2D eigenvalue weighted by atomic mass is 10.0. The molecule has 2 heterocycles. The van der Waals surface area contributed by atoms with Gasteiger partial charge in [0, 0.05) is 45.2 Å². The Morgan fingerprint density at radius 1 is 1.25 bits per heavy atom. The van der Waals surface area contributed by atoms with Gasteiger partial charge >= 0.3 is 0 Å². The third-order valence-electron chi connectivity index (χ3n) is 4.34. The fourth-order valence-electron chi connectivity index (χ4n) is 2.92. The van der Waals surface area contributed by atoms with E-state index in [-0.39, 0.29) is 36.8 Å². The van der Waals surface area contributed by atoms with Gasteiger partial charge in [0.15, 0.2) is 0 Å². The van der Waals surface area contributed by atoms with Gasteiger partial charge in [-0.15, -0.1) is 24.8 Å². The Hall–Kier alpha value is -0.850. The van der Waals surface area contributed by atoms with Crippen LogP contribution in [-0.4, -0.2) is 56.2 Å². The first kappa shape index (κ1) is 21.2. The minimum absolute atomic E-state index is 0. The Kier molecular flexibility index (Phi) is 9.63. The number of nitrogens with zero attached hydrogens (tertiary/aromatic N) is 1. The molecule has 7 heteroatoms. The molecule has 2 saturated heterocycles. The summed E-state index contributed by atoms with van der Waals surface area (Å²) in [4.78, 5) is 14.4. The highest BCUT2D eigenvalue weighted by atomic mass is 35.5. The van der Waals surface area contributed by atoms with Gasteiger partial charge in [-0.3, -0.25) is 9.69 Å². The van der Waals surface area contributed by atoms with Crippen LogP contribution < -0.4 is 10.6 Å². The van der Waals surface area contributed by atoms with Gasteiger partial charge in [-0.25, -0.2) is 0 Å². The van der Waals surface area contributed by atoms with E-state index in [0.717, 1.165) is 39.3 Å². The van der Waals surface area contributed by atoms with Crippen molar-refractivity contribution in [2.24, 2.45) is 5.92 Å². The number of ether oxygens (including phenoxy) is 1. The van der Waals surface area contributed by atoms with E-state index in [1.807, 2.05) is 6.07 Å². The van der Waals surface area contributed by atoms with Gasteiger partial charge in [0.05, 0.1) is 19.1 Å². The predicted molar refractivity (Wildman–Crippen MR) is 99.9 cm³/mol. The lowest BCUT2D eigenvalue weighted by Crippen LogP contribution is -2.49. The zero-order valence-electron chi connectivity index (χ0n) is 13.8. The maximum Gasteiger partial charge on any atom is 0.222 e. The second-order valence-electron chi connectivity index (χ2n) is 6.25. The van der Waals surface area contributed by atoms with Crippen molar-refractivity contribution in [3.8, 4) is 0 Å². The maximum absolute atomic E-state index is 12.0. The Labute approximate surface area is 156 Å². The van der Waals surface area contributed by atoms with Crippen molar-refractivity contribution in [3.05, 3.63) is 35.9 Å². The zero-order valence-corrected chi connectivity index (χ0v) is 15.4. The van der Waals surface area contributed by atoms with E-state index in [9.17, 15) is 4.79 Å². The van der Waals surface area contributed by atoms with E-state index >= 15 is 0 Å². The van der Waals surface area contributed by atoms with Crippen LogP contribution in [0.15, 0.2) is 30.3 Å². The second kappa shape index (κ2) is 10.9. The molecule has 0 radical (unpaired) electrons. The minimum atomic E-state index is 0. The van der Waals surface area contributed by atoms with Gasteiger partial charge in [-0.05, 0) is 5.56 Å².